The number of carbonyl (C=O) groups is 1. The number of thiophene rings is 1. The van der Waals surface area contributed by atoms with E-state index in [9.17, 15) is 4.79 Å². The normalized spacial score (nSPS) is 10.3. The van der Waals surface area contributed by atoms with Gasteiger partial charge in [0.15, 0.2) is 0 Å². The summed E-state index contributed by atoms with van der Waals surface area (Å²) in [6, 6.07) is 7.45. The molecular weight excluding hydrogens is 312 g/mol. The molecule has 3 N–H and O–H groups in total. The number of hydrogen-bond acceptors (Lipinski definition) is 3. The van der Waals surface area contributed by atoms with Crippen LogP contribution in [0.4, 0.5) is 0 Å². The van der Waals surface area contributed by atoms with Crippen molar-refractivity contribution in [3.63, 3.8) is 0 Å². The molecular formula is C14H13ClN2OS2. The highest BCUT2D eigenvalue weighted by Crippen LogP contribution is 2.26. The zero-order valence-corrected chi connectivity index (χ0v) is 13.2. The molecule has 104 valence electrons. The van der Waals surface area contributed by atoms with Crippen molar-refractivity contribution in [2.45, 2.75) is 13.5 Å². The Kier molecular flexibility index (Phi) is 4.75. The Morgan fingerprint density at radius 1 is 1.40 bits per heavy atom. The second-order valence-corrected chi connectivity index (χ2v) is 6.00. The molecule has 0 radical (unpaired) electrons. The number of benzene rings is 1. The average molecular weight is 325 g/mol. The molecule has 2 rings (SSSR count). The van der Waals surface area contributed by atoms with Gasteiger partial charge in [-0.1, -0.05) is 48.1 Å². The van der Waals surface area contributed by atoms with E-state index >= 15 is 0 Å². The van der Waals surface area contributed by atoms with E-state index in [2.05, 4.69) is 5.32 Å². The zero-order chi connectivity index (χ0) is 14.7. The van der Waals surface area contributed by atoms with E-state index in [0.717, 1.165) is 16.7 Å². The van der Waals surface area contributed by atoms with Crippen molar-refractivity contribution in [2.75, 3.05) is 0 Å². The Morgan fingerprint density at radius 3 is 2.55 bits per heavy atom. The van der Waals surface area contributed by atoms with Gasteiger partial charge in [0, 0.05) is 12.1 Å². The van der Waals surface area contributed by atoms with Crippen LogP contribution in [-0.4, -0.2) is 10.9 Å². The second-order valence-electron chi connectivity index (χ2n) is 4.31. The maximum absolute atomic E-state index is 12.0. The number of amides is 1. The summed E-state index contributed by atoms with van der Waals surface area (Å²) < 4.78 is 0. The summed E-state index contributed by atoms with van der Waals surface area (Å²) in [6.07, 6.45) is 0. The lowest BCUT2D eigenvalue weighted by Gasteiger charge is -2.05. The monoisotopic (exact) mass is 324 g/mol. The molecule has 0 aliphatic heterocycles. The SMILES string of the molecule is Cc1csc(C(=O)NCc2ccc(C(N)=S)cc2)c1Cl. The van der Waals surface area contributed by atoms with Gasteiger partial charge in [-0.15, -0.1) is 11.3 Å². The van der Waals surface area contributed by atoms with Gasteiger partial charge in [0.1, 0.15) is 9.87 Å². The minimum Gasteiger partial charge on any atom is -0.389 e. The fraction of sp³-hybridized carbons (Fsp3) is 0.143. The molecule has 1 amide bonds. The number of rotatable bonds is 4. The first-order valence-corrected chi connectivity index (χ1v) is 7.56. The minimum atomic E-state index is -0.161. The van der Waals surface area contributed by atoms with Crippen LogP contribution in [0.15, 0.2) is 29.6 Å². The third-order valence-electron chi connectivity index (χ3n) is 2.80. The molecule has 0 aliphatic rings. The van der Waals surface area contributed by atoms with Gasteiger partial charge < -0.3 is 11.1 Å². The van der Waals surface area contributed by atoms with Crippen LogP contribution in [0.5, 0.6) is 0 Å². The second kappa shape index (κ2) is 6.35. The molecule has 0 unspecified atom stereocenters. The van der Waals surface area contributed by atoms with Gasteiger partial charge in [-0.2, -0.15) is 0 Å². The molecule has 0 spiro atoms. The number of halogens is 1. The lowest BCUT2D eigenvalue weighted by molar-refractivity contribution is 0.0955. The Hall–Kier alpha value is -1.43. The van der Waals surface area contributed by atoms with E-state index in [1.807, 2.05) is 36.6 Å². The summed E-state index contributed by atoms with van der Waals surface area (Å²) in [5, 5.41) is 5.23. The van der Waals surface area contributed by atoms with E-state index in [1.54, 1.807) is 0 Å². The molecule has 2 aromatic rings. The predicted octanol–water partition coefficient (Wildman–Crippen LogP) is 3.27. The van der Waals surface area contributed by atoms with E-state index in [1.165, 1.54) is 11.3 Å². The molecule has 1 heterocycles. The number of nitrogens with one attached hydrogen (secondary N) is 1. The van der Waals surface area contributed by atoms with Crippen molar-refractivity contribution in [2.24, 2.45) is 5.73 Å². The van der Waals surface area contributed by atoms with Crippen molar-refractivity contribution in [3.8, 4) is 0 Å². The largest absolute Gasteiger partial charge is 0.389 e. The van der Waals surface area contributed by atoms with Crippen LogP contribution in [0.3, 0.4) is 0 Å². The maximum atomic E-state index is 12.0. The third kappa shape index (κ3) is 3.36. The van der Waals surface area contributed by atoms with E-state index in [-0.39, 0.29) is 5.91 Å². The number of nitrogens with two attached hydrogens (primary N) is 1. The Balaban J connectivity index is 2.00. The van der Waals surface area contributed by atoms with Crippen LogP contribution >= 0.6 is 35.2 Å². The zero-order valence-electron chi connectivity index (χ0n) is 10.8. The molecule has 0 fully saturated rings. The molecule has 6 heteroatoms. The summed E-state index contributed by atoms with van der Waals surface area (Å²) in [5.41, 5.74) is 8.24. The lowest BCUT2D eigenvalue weighted by atomic mass is 10.1. The average Bonchev–Trinajstić information content (AvgIpc) is 2.77. The summed E-state index contributed by atoms with van der Waals surface area (Å²) in [7, 11) is 0. The maximum Gasteiger partial charge on any atom is 0.263 e. The fourth-order valence-corrected chi connectivity index (χ4v) is 2.96. The molecule has 1 aromatic heterocycles. The highest BCUT2D eigenvalue weighted by molar-refractivity contribution is 7.80. The minimum absolute atomic E-state index is 0.161. The van der Waals surface area contributed by atoms with E-state index in [0.29, 0.717) is 21.4 Å². The van der Waals surface area contributed by atoms with Crippen molar-refractivity contribution >= 4 is 46.1 Å². The van der Waals surface area contributed by atoms with Crippen LogP contribution < -0.4 is 11.1 Å². The summed E-state index contributed by atoms with van der Waals surface area (Å²) in [4.78, 5) is 12.9. The van der Waals surface area contributed by atoms with Gasteiger partial charge in [0.2, 0.25) is 0 Å². The molecule has 0 saturated carbocycles. The molecule has 1 aromatic carbocycles. The smallest absolute Gasteiger partial charge is 0.263 e. The Morgan fingerprint density at radius 2 is 2.05 bits per heavy atom. The highest BCUT2D eigenvalue weighted by atomic mass is 35.5. The molecule has 0 saturated heterocycles. The van der Waals surface area contributed by atoms with Gasteiger partial charge in [0.05, 0.1) is 5.02 Å². The highest BCUT2D eigenvalue weighted by Gasteiger charge is 2.14. The van der Waals surface area contributed by atoms with Crippen LogP contribution in [0.1, 0.15) is 26.4 Å². The predicted molar refractivity (Wildman–Crippen MR) is 87.6 cm³/mol. The Bertz CT molecular complexity index is 650. The molecule has 20 heavy (non-hydrogen) atoms. The number of hydrogen-bond donors (Lipinski definition) is 2. The molecule has 0 bridgehead atoms. The topological polar surface area (TPSA) is 55.1 Å². The number of aryl methyl sites for hydroxylation is 1. The summed E-state index contributed by atoms with van der Waals surface area (Å²) in [5.74, 6) is -0.161. The number of carbonyl (C=O) groups excluding carboxylic acids is 1. The first-order chi connectivity index (χ1) is 9.49. The van der Waals surface area contributed by atoms with Crippen molar-refractivity contribution in [1.82, 2.24) is 5.32 Å². The standard InChI is InChI=1S/C14H13ClN2OS2/c1-8-7-20-12(11(8)15)14(18)17-6-9-2-4-10(5-3-9)13(16)19/h2-5,7H,6H2,1H3,(H2,16,19)(H,17,18). The van der Waals surface area contributed by atoms with Crippen LogP contribution in [0, 0.1) is 6.92 Å². The summed E-state index contributed by atoms with van der Waals surface area (Å²) in [6.45, 7) is 2.31. The fourth-order valence-electron chi connectivity index (χ4n) is 1.63. The lowest BCUT2D eigenvalue weighted by Crippen LogP contribution is -2.22. The van der Waals surface area contributed by atoms with Gasteiger partial charge in [0.25, 0.3) is 5.91 Å². The van der Waals surface area contributed by atoms with Crippen molar-refractivity contribution < 1.29 is 4.79 Å². The van der Waals surface area contributed by atoms with Crippen molar-refractivity contribution in [3.05, 3.63) is 56.2 Å². The number of thiocarbonyl (C=S) groups is 1. The van der Waals surface area contributed by atoms with Crippen LogP contribution in [0.25, 0.3) is 0 Å². The van der Waals surface area contributed by atoms with Crippen LogP contribution in [-0.2, 0) is 6.54 Å². The quantitative estimate of drug-likeness (QED) is 0.849. The van der Waals surface area contributed by atoms with Crippen LogP contribution in [0.2, 0.25) is 5.02 Å². The molecule has 0 aliphatic carbocycles. The Labute approximate surface area is 131 Å². The van der Waals surface area contributed by atoms with Gasteiger partial charge in [-0.25, -0.2) is 0 Å². The van der Waals surface area contributed by atoms with Gasteiger partial charge in [-0.05, 0) is 23.4 Å². The van der Waals surface area contributed by atoms with Gasteiger partial charge in [-0.3, -0.25) is 4.79 Å². The first-order valence-electron chi connectivity index (χ1n) is 5.89. The molecule has 0 atom stereocenters. The third-order valence-corrected chi connectivity index (χ3v) is 4.73. The van der Waals surface area contributed by atoms with Gasteiger partial charge >= 0.3 is 0 Å². The van der Waals surface area contributed by atoms with Crippen molar-refractivity contribution in [1.29, 1.82) is 0 Å². The summed E-state index contributed by atoms with van der Waals surface area (Å²) >= 11 is 12.3. The first kappa shape index (κ1) is 15.0. The van der Waals surface area contributed by atoms with E-state index in [4.69, 9.17) is 29.6 Å². The van der Waals surface area contributed by atoms with E-state index < -0.39 is 0 Å². The molecule has 3 nitrogen and oxygen atoms in total.